The van der Waals surface area contributed by atoms with E-state index in [1.807, 2.05) is 13.8 Å². The van der Waals surface area contributed by atoms with Crippen molar-refractivity contribution in [3.8, 4) is 0 Å². The van der Waals surface area contributed by atoms with Crippen LogP contribution < -0.4 is 21.9 Å². The Morgan fingerprint density at radius 2 is 2.24 bits per heavy atom. The van der Waals surface area contributed by atoms with E-state index in [2.05, 4.69) is 9.97 Å². The van der Waals surface area contributed by atoms with Gasteiger partial charge in [-0.3, -0.25) is 19.1 Å². The molecule has 9 nitrogen and oxygen atoms in total. The number of nitrogen functional groups attached to an aromatic ring is 1. The van der Waals surface area contributed by atoms with Gasteiger partial charge in [0.25, 0.3) is 5.56 Å². The second-order valence-electron chi connectivity index (χ2n) is 6.52. The van der Waals surface area contributed by atoms with Gasteiger partial charge in [0.05, 0.1) is 6.10 Å². The topological polar surface area (TPSA) is 149 Å². The van der Waals surface area contributed by atoms with Gasteiger partial charge in [0.1, 0.15) is 10.9 Å². The van der Waals surface area contributed by atoms with Crippen LogP contribution >= 0.6 is 11.3 Å². The molecule has 0 saturated carbocycles. The number of nitrogens with zero attached hydrogens (tertiary/aromatic N) is 2. The number of aliphatic hydroxyl groups is 1. The van der Waals surface area contributed by atoms with E-state index in [-0.39, 0.29) is 51.8 Å². The van der Waals surface area contributed by atoms with E-state index in [9.17, 15) is 14.7 Å². The van der Waals surface area contributed by atoms with E-state index in [0.29, 0.717) is 6.42 Å². The number of nitrogens with two attached hydrogens (primary N) is 2. The smallest absolute Gasteiger partial charge is 0.311 e. The highest BCUT2D eigenvalue weighted by atomic mass is 32.1. The van der Waals surface area contributed by atoms with Gasteiger partial charge in [-0.2, -0.15) is 4.98 Å². The maximum absolute atomic E-state index is 12.6. The van der Waals surface area contributed by atoms with Crippen LogP contribution in [0.25, 0.3) is 10.3 Å². The second-order valence-corrected chi connectivity index (χ2v) is 7.48. The number of aliphatic hydroxyl groups excluding tert-OH is 1. The van der Waals surface area contributed by atoms with Crippen molar-refractivity contribution in [1.82, 2.24) is 14.5 Å². The van der Waals surface area contributed by atoms with Crippen molar-refractivity contribution < 1.29 is 9.84 Å². The van der Waals surface area contributed by atoms with E-state index < -0.39 is 11.8 Å². The Bertz CT molecular complexity index is 869. The molecule has 10 heteroatoms. The summed E-state index contributed by atoms with van der Waals surface area (Å²) in [6.45, 7) is 3.84. The SMILES string of the molecule is CC[C@H](CO)[C@@H]1C[C@@H]([C@H](C)N)[C@H](n2c(=O)sc3c(=O)[nH]c(N)nc32)O1. The van der Waals surface area contributed by atoms with Gasteiger partial charge < -0.3 is 21.3 Å². The van der Waals surface area contributed by atoms with Crippen LogP contribution in [0.4, 0.5) is 5.95 Å². The van der Waals surface area contributed by atoms with Crippen molar-refractivity contribution in [2.45, 2.75) is 45.1 Å². The number of ether oxygens (including phenoxy) is 1. The lowest BCUT2D eigenvalue weighted by molar-refractivity contribution is -0.0470. The summed E-state index contributed by atoms with van der Waals surface area (Å²) in [6, 6.07) is -0.229. The lowest BCUT2D eigenvalue weighted by atomic mass is 9.90. The summed E-state index contributed by atoms with van der Waals surface area (Å²) in [6.07, 6.45) is 0.533. The van der Waals surface area contributed by atoms with Gasteiger partial charge in [-0.05, 0) is 19.8 Å². The van der Waals surface area contributed by atoms with Crippen LogP contribution in [0.3, 0.4) is 0 Å². The Morgan fingerprint density at radius 1 is 1.52 bits per heavy atom. The highest BCUT2D eigenvalue weighted by Crippen LogP contribution is 2.40. The molecule has 0 aliphatic carbocycles. The number of fused-ring (bicyclic) bond motifs is 1. The van der Waals surface area contributed by atoms with Crippen LogP contribution in [0.1, 0.15) is 32.9 Å². The van der Waals surface area contributed by atoms with Crippen LogP contribution in [0, 0.1) is 11.8 Å². The summed E-state index contributed by atoms with van der Waals surface area (Å²) < 4.78 is 7.72. The Balaban J connectivity index is 2.11. The van der Waals surface area contributed by atoms with E-state index >= 15 is 0 Å². The van der Waals surface area contributed by atoms with Gasteiger partial charge in [0.15, 0.2) is 5.65 Å². The molecule has 3 heterocycles. The first-order chi connectivity index (χ1) is 11.9. The number of anilines is 1. The summed E-state index contributed by atoms with van der Waals surface area (Å²) in [5.74, 6) is -0.227. The third-order valence-corrected chi connectivity index (χ3v) is 5.83. The van der Waals surface area contributed by atoms with Crippen molar-refractivity contribution in [3.63, 3.8) is 0 Å². The van der Waals surface area contributed by atoms with Crippen molar-refractivity contribution in [1.29, 1.82) is 0 Å². The number of hydrogen-bond donors (Lipinski definition) is 4. The molecule has 0 radical (unpaired) electrons. The third-order valence-electron chi connectivity index (χ3n) is 4.89. The van der Waals surface area contributed by atoms with Crippen LogP contribution in [-0.4, -0.2) is 38.4 Å². The predicted octanol–water partition coefficient (Wildman–Crippen LogP) is -0.00210. The fourth-order valence-corrected chi connectivity index (χ4v) is 4.27. The average Bonchev–Trinajstić information content (AvgIpc) is 3.10. The molecule has 0 aromatic carbocycles. The number of H-pyrrole nitrogens is 1. The molecule has 2 aromatic heterocycles. The fraction of sp³-hybridized carbons (Fsp3) is 0.667. The molecular weight excluding hydrogens is 346 g/mol. The minimum atomic E-state index is -0.638. The molecule has 6 N–H and O–H groups in total. The Hall–Kier alpha value is -1.75. The number of thiazole rings is 1. The molecule has 0 unspecified atom stereocenters. The molecule has 138 valence electrons. The first-order valence-electron chi connectivity index (χ1n) is 8.30. The van der Waals surface area contributed by atoms with Crippen LogP contribution in [0.2, 0.25) is 0 Å². The van der Waals surface area contributed by atoms with Gasteiger partial charge in [0.2, 0.25) is 5.95 Å². The van der Waals surface area contributed by atoms with Crippen molar-refractivity contribution in [3.05, 3.63) is 20.0 Å². The van der Waals surface area contributed by atoms with E-state index in [0.717, 1.165) is 17.8 Å². The Kier molecular flexibility index (Phi) is 4.96. The molecule has 3 rings (SSSR count). The van der Waals surface area contributed by atoms with Gasteiger partial charge in [-0.25, -0.2) is 0 Å². The van der Waals surface area contributed by atoms with Crippen LogP contribution in [0.5, 0.6) is 0 Å². The van der Waals surface area contributed by atoms with Gasteiger partial charge >= 0.3 is 4.87 Å². The largest absolute Gasteiger partial charge is 0.396 e. The van der Waals surface area contributed by atoms with E-state index in [1.54, 1.807) is 0 Å². The lowest BCUT2D eigenvalue weighted by Gasteiger charge is -2.23. The molecule has 0 spiro atoms. The lowest BCUT2D eigenvalue weighted by Crippen LogP contribution is -2.34. The summed E-state index contributed by atoms with van der Waals surface area (Å²) in [7, 11) is 0. The van der Waals surface area contributed by atoms with Crippen molar-refractivity contribution >= 4 is 27.6 Å². The average molecular weight is 369 g/mol. The third kappa shape index (κ3) is 3.10. The molecule has 0 bridgehead atoms. The highest BCUT2D eigenvalue weighted by Gasteiger charge is 2.42. The van der Waals surface area contributed by atoms with Crippen molar-refractivity contribution in [2.75, 3.05) is 12.3 Å². The Morgan fingerprint density at radius 3 is 2.84 bits per heavy atom. The highest BCUT2D eigenvalue weighted by molar-refractivity contribution is 7.16. The maximum atomic E-state index is 12.6. The molecule has 0 amide bonds. The zero-order valence-corrected chi connectivity index (χ0v) is 15.0. The zero-order chi connectivity index (χ0) is 18.3. The number of nitrogens with one attached hydrogen (secondary N) is 1. The predicted molar refractivity (Wildman–Crippen MR) is 95.4 cm³/mol. The molecule has 1 fully saturated rings. The quantitative estimate of drug-likeness (QED) is 0.579. The fourth-order valence-electron chi connectivity index (χ4n) is 3.43. The first-order valence-corrected chi connectivity index (χ1v) is 9.11. The second kappa shape index (κ2) is 6.87. The maximum Gasteiger partial charge on any atom is 0.311 e. The van der Waals surface area contributed by atoms with Crippen LogP contribution in [0.15, 0.2) is 9.59 Å². The van der Waals surface area contributed by atoms with Crippen LogP contribution in [-0.2, 0) is 4.74 Å². The number of rotatable bonds is 5. The molecule has 1 aliphatic heterocycles. The minimum Gasteiger partial charge on any atom is -0.396 e. The van der Waals surface area contributed by atoms with Crippen molar-refractivity contribution in [2.24, 2.45) is 17.6 Å². The van der Waals surface area contributed by atoms with E-state index in [1.165, 1.54) is 4.57 Å². The molecule has 5 atom stereocenters. The number of hydrogen-bond acceptors (Lipinski definition) is 8. The molecule has 2 aromatic rings. The normalized spacial score (nSPS) is 26.2. The number of aromatic amines is 1. The summed E-state index contributed by atoms with van der Waals surface area (Å²) in [5, 5.41) is 9.58. The standard InChI is InChI=1S/C15H23N5O4S/c1-3-7(5-21)9-4-8(6(2)16)13(24-9)20-11-10(25-15(20)23)12(22)19-14(17)18-11/h6-9,13,21H,3-5,16H2,1-2H3,(H3,17,18,19,22)/t6-,7+,8-,9-,13+/m0/s1. The Labute approximate surface area is 147 Å². The molecule has 25 heavy (non-hydrogen) atoms. The number of aromatic nitrogens is 3. The minimum absolute atomic E-state index is 0.00368. The van der Waals surface area contributed by atoms with Gasteiger partial charge in [-0.1, -0.05) is 18.3 Å². The summed E-state index contributed by atoms with van der Waals surface area (Å²) in [4.78, 5) is 30.8. The molecular formula is C15H23N5O4S. The molecule has 1 saturated heterocycles. The van der Waals surface area contributed by atoms with Gasteiger partial charge in [0, 0.05) is 24.5 Å². The summed E-state index contributed by atoms with van der Waals surface area (Å²) in [5.41, 5.74) is 11.5. The van der Waals surface area contributed by atoms with E-state index in [4.69, 9.17) is 16.2 Å². The zero-order valence-electron chi connectivity index (χ0n) is 14.1. The first kappa shape index (κ1) is 18.1. The monoisotopic (exact) mass is 369 g/mol. The van der Waals surface area contributed by atoms with Gasteiger partial charge in [-0.15, -0.1) is 0 Å². The summed E-state index contributed by atoms with van der Waals surface area (Å²) >= 11 is 0.811. The molecule has 1 aliphatic rings.